The fraction of sp³-hybridized carbons (Fsp3) is 0.167. The van der Waals surface area contributed by atoms with Gasteiger partial charge in [-0.1, -0.05) is 24.3 Å². The average molecular weight is 383 g/mol. The van der Waals surface area contributed by atoms with Crippen molar-refractivity contribution in [3.63, 3.8) is 0 Å². The third kappa shape index (κ3) is 5.13. The Kier molecular flexibility index (Phi) is 5.49. The van der Waals surface area contributed by atoms with Crippen molar-refractivity contribution in [2.45, 2.75) is 18.9 Å². The highest BCUT2D eigenvalue weighted by Gasteiger charge is 2.15. The van der Waals surface area contributed by atoms with E-state index in [2.05, 4.69) is 20.3 Å². The van der Waals surface area contributed by atoms with Crippen LogP contribution in [-0.2, 0) is 16.7 Å². The lowest BCUT2D eigenvalue weighted by Crippen LogP contribution is -2.18. The number of nitriles is 1. The van der Waals surface area contributed by atoms with E-state index in [9.17, 15) is 8.42 Å². The van der Waals surface area contributed by atoms with Crippen LogP contribution >= 0.6 is 0 Å². The molecule has 0 spiro atoms. The van der Waals surface area contributed by atoms with Crippen LogP contribution in [0.5, 0.6) is 5.75 Å². The first-order chi connectivity index (χ1) is 12.9. The summed E-state index contributed by atoms with van der Waals surface area (Å²) in [4.78, 5) is 4.02. The Morgan fingerprint density at radius 2 is 1.85 bits per heavy atom. The van der Waals surface area contributed by atoms with Crippen LogP contribution in [0.25, 0.3) is 0 Å². The van der Waals surface area contributed by atoms with Gasteiger partial charge in [0.15, 0.2) is 0 Å². The highest BCUT2D eigenvalue weighted by atomic mass is 32.2. The van der Waals surface area contributed by atoms with Gasteiger partial charge in [-0.15, -0.1) is 0 Å². The third-order valence-electron chi connectivity index (χ3n) is 4.02. The van der Waals surface area contributed by atoms with Gasteiger partial charge in [-0.3, -0.25) is 0 Å². The summed E-state index contributed by atoms with van der Waals surface area (Å²) in [6, 6.07) is 16.1. The fourth-order valence-corrected chi connectivity index (χ4v) is 3.14. The van der Waals surface area contributed by atoms with E-state index in [1.165, 1.54) is 6.33 Å². The fourth-order valence-electron chi connectivity index (χ4n) is 2.76. The molecular weight excluding hydrogens is 366 g/mol. The summed E-state index contributed by atoms with van der Waals surface area (Å²) < 4.78 is 28.3. The minimum Gasteiger partial charge on any atom is -0.371 e. The molecule has 27 heavy (non-hydrogen) atoms. The first-order valence-electron chi connectivity index (χ1n) is 8.10. The molecule has 1 heterocycles. The lowest BCUT2D eigenvalue weighted by Gasteiger charge is -2.18. The van der Waals surface area contributed by atoms with Crippen molar-refractivity contribution in [3.05, 3.63) is 77.9 Å². The number of nitrogens with two attached hydrogens (primary N) is 1. The Hall–Kier alpha value is -3.22. The molecule has 2 N–H and O–H groups in total. The molecule has 9 heteroatoms. The second-order valence-electron chi connectivity index (χ2n) is 5.88. The Bertz CT molecular complexity index is 1020. The molecule has 0 amide bonds. The Balaban J connectivity index is 1.74. The topological polar surface area (TPSA) is 124 Å². The van der Waals surface area contributed by atoms with Crippen LogP contribution in [0.2, 0.25) is 0 Å². The number of hydrogen-bond donors (Lipinski definition) is 1. The molecule has 1 aromatic heterocycles. The lowest BCUT2D eigenvalue weighted by atomic mass is 9.98. The predicted octanol–water partition coefficient (Wildman–Crippen LogP) is 1.95. The minimum atomic E-state index is -4.03. The van der Waals surface area contributed by atoms with E-state index in [1.54, 1.807) is 47.4 Å². The standard InChI is InChI=1S/C18H17N5O3S/c19-11-15-1-6-16(7-2-15)18(23-13-21-12-22-23)10-5-14-3-8-17(9-4-14)26-27(20,24)25/h1-4,6-9,12-13,18H,5,10H2,(H2,20,24,25). The quantitative estimate of drug-likeness (QED) is 0.665. The van der Waals surface area contributed by atoms with Crippen LogP contribution in [0, 0.1) is 11.3 Å². The van der Waals surface area contributed by atoms with E-state index < -0.39 is 10.3 Å². The van der Waals surface area contributed by atoms with Crippen LogP contribution in [-0.4, -0.2) is 23.2 Å². The van der Waals surface area contributed by atoms with Crippen LogP contribution < -0.4 is 9.32 Å². The minimum absolute atomic E-state index is 0.0411. The maximum Gasteiger partial charge on any atom is 0.380 e. The van der Waals surface area contributed by atoms with Crippen LogP contribution in [0.4, 0.5) is 0 Å². The molecule has 3 aromatic rings. The molecule has 8 nitrogen and oxygen atoms in total. The first kappa shape index (κ1) is 18.6. The van der Waals surface area contributed by atoms with Gasteiger partial charge in [0.25, 0.3) is 0 Å². The summed E-state index contributed by atoms with van der Waals surface area (Å²) >= 11 is 0. The average Bonchev–Trinajstić information content (AvgIpc) is 3.17. The van der Waals surface area contributed by atoms with Gasteiger partial charge in [-0.05, 0) is 48.2 Å². The van der Waals surface area contributed by atoms with E-state index in [1.807, 2.05) is 12.1 Å². The molecule has 1 unspecified atom stereocenters. The van der Waals surface area contributed by atoms with E-state index in [4.69, 9.17) is 10.4 Å². The van der Waals surface area contributed by atoms with Crippen LogP contribution in [0.3, 0.4) is 0 Å². The highest BCUT2D eigenvalue weighted by Crippen LogP contribution is 2.24. The van der Waals surface area contributed by atoms with Gasteiger partial charge >= 0.3 is 10.3 Å². The molecular formula is C18H17N5O3S. The molecule has 3 rings (SSSR count). The third-order valence-corrected chi connectivity index (χ3v) is 4.45. The highest BCUT2D eigenvalue weighted by molar-refractivity contribution is 7.84. The van der Waals surface area contributed by atoms with Gasteiger partial charge in [0, 0.05) is 0 Å². The van der Waals surface area contributed by atoms with E-state index in [-0.39, 0.29) is 11.8 Å². The molecule has 0 fully saturated rings. The first-order valence-corrected chi connectivity index (χ1v) is 9.57. The van der Waals surface area contributed by atoms with Gasteiger partial charge in [0.2, 0.25) is 0 Å². The molecule has 0 aliphatic rings. The molecule has 2 aromatic carbocycles. The van der Waals surface area contributed by atoms with Gasteiger partial charge in [-0.2, -0.15) is 23.9 Å². The normalized spacial score (nSPS) is 12.3. The molecule has 0 saturated heterocycles. The van der Waals surface area contributed by atoms with Crippen molar-refractivity contribution in [2.24, 2.45) is 5.14 Å². The smallest absolute Gasteiger partial charge is 0.371 e. The molecule has 0 radical (unpaired) electrons. The Labute approximate surface area is 157 Å². The zero-order valence-electron chi connectivity index (χ0n) is 14.3. The molecule has 0 aliphatic heterocycles. The predicted molar refractivity (Wildman–Crippen MR) is 97.8 cm³/mol. The molecule has 1 atom stereocenters. The zero-order chi connectivity index (χ0) is 19.3. The summed E-state index contributed by atoms with van der Waals surface area (Å²) in [5, 5.41) is 18.1. The van der Waals surface area contributed by atoms with Crippen molar-refractivity contribution in [1.29, 1.82) is 5.26 Å². The Morgan fingerprint density at radius 1 is 1.15 bits per heavy atom. The Morgan fingerprint density at radius 3 is 2.41 bits per heavy atom. The van der Waals surface area contributed by atoms with E-state index in [0.29, 0.717) is 5.56 Å². The van der Waals surface area contributed by atoms with Crippen molar-refractivity contribution in [2.75, 3.05) is 0 Å². The van der Waals surface area contributed by atoms with Crippen molar-refractivity contribution < 1.29 is 12.6 Å². The summed E-state index contributed by atoms with van der Waals surface area (Å²) in [5.74, 6) is 0.168. The largest absolute Gasteiger partial charge is 0.380 e. The number of nitrogens with zero attached hydrogens (tertiary/aromatic N) is 4. The monoisotopic (exact) mass is 383 g/mol. The van der Waals surface area contributed by atoms with Gasteiger partial charge in [0.05, 0.1) is 17.7 Å². The SMILES string of the molecule is N#Cc1ccc(C(CCc2ccc(OS(N)(=O)=O)cc2)n2cncn2)cc1. The summed E-state index contributed by atoms with van der Waals surface area (Å²) in [5.41, 5.74) is 2.63. The van der Waals surface area contributed by atoms with Crippen molar-refractivity contribution in [3.8, 4) is 11.8 Å². The maximum atomic E-state index is 11.0. The van der Waals surface area contributed by atoms with Crippen molar-refractivity contribution in [1.82, 2.24) is 14.8 Å². The zero-order valence-corrected chi connectivity index (χ0v) is 15.1. The molecule has 0 saturated carbocycles. The van der Waals surface area contributed by atoms with E-state index >= 15 is 0 Å². The number of rotatable bonds is 7. The van der Waals surface area contributed by atoms with Crippen molar-refractivity contribution >= 4 is 10.3 Å². The molecule has 0 aliphatic carbocycles. The van der Waals surface area contributed by atoms with Gasteiger partial charge < -0.3 is 4.18 Å². The van der Waals surface area contributed by atoms with Gasteiger partial charge in [0.1, 0.15) is 18.4 Å². The number of aromatic nitrogens is 3. The van der Waals surface area contributed by atoms with E-state index in [0.717, 1.165) is 24.0 Å². The number of benzene rings is 2. The molecule has 0 bridgehead atoms. The summed E-state index contributed by atoms with van der Waals surface area (Å²) in [7, 11) is -4.03. The maximum absolute atomic E-state index is 11.0. The molecule has 138 valence electrons. The van der Waals surface area contributed by atoms with Gasteiger partial charge in [-0.25, -0.2) is 9.67 Å². The number of hydrogen-bond acceptors (Lipinski definition) is 6. The number of aryl methyl sites for hydroxylation is 1. The van der Waals surface area contributed by atoms with Crippen LogP contribution in [0.15, 0.2) is 61.2 Å². The second kappa shape index (κ2) is 7.99. The summed E-state index contributed by atoms with van der Waals surface area (Å²) in [6.07, 6.45) is 4.60. The second-order valence-corrected chi connectivity index (χ2v) is 7.04. The van der Waals surface area contributed by atoms with Crippen LogP contribution in [0.1, 0.15) is 29.2 Å². The lowest BCUT2D eigenvalue weighted by molar-refractivity contribution is 0.485. The summed E-state index contributed by atoms with van der Waals surface area (Å²) in [6.45, 7) is 0.